The van der Waals surface area contributed by atoms with E-state index in [9.17, 15) is 9.18 Å². The standard InChI is InChI=1S/C18H13Br2FO2/c1-9-13(19)7-11(8-14(9)20)17(22)16-12-5-3-4-6-15(12)23-18(16)10(2)21/h3-8,10H,1-2H3/i3D. The highest BCUT2D eigenvalue weighted by Crippen LogP contribution is 2.35. The van der Waals surface area contributed by atoms with Gasteiger partial charge in [0.2, 0.25) is 0 Å². The van der Waals surface area contributed by atoms with E-state index >= 15 is 0 Å². The Morgan fingerprint density at radius 3 is 2.57 bits per heavy atom. The molecule has 0 N–H and O–H groups in total. The van der Waals surface area contributed by atoms with E-state index in [0.717, 1.165) is 14.5 Å². The summed E-state index contributed by atoms with van der Waals surface area (Å²) in [5.41, 5.74) is 1.96. The van der Waals surface area contributed by atoms with Crippen LogP contribution in [-0.2, 0) is 0 Å². The van der Waals surface area contributed by atoms with Gasteiger partial charge in [0.25, 0.3) is 0 Å². The van der Waals surface area contributed by atoms with E-state index in [4.69, 9.17) is 5.79 Å². The summed E-state index contributed by atoms with van der Waals surface area (Å²) in [6.45, 7) is 3.24. The number of halogens is 3. The summed E-state index contributed by atoms with van der Waals surface area (Å²) in [5, 5.41) is 0.458. The maximum atomic E-state index is 14.0. The second-order valence-corrected chi connectivity index (χ2v) is 6.98. The molecule has 1 aromatic heterocycles. The van der Waals surface area contributed by atoms with Crippen LogP contribution in [0.15, 0.2) is 49.7 Å². The molecule has 2 nitrogen and oxygen atoms in total. The zero-order chi connectivity index (χ0) is 17.6. The summed E-state index contributed by atoms with van der Waals surface area (Å²) in [4.78, 5) is 13.0. The molecule has 5 heteroatoms. The van der Waals surface area contributed by atoms with E-state index in [0.29, 0.717) is 16.5 Å². The Balaban J connectivity index is 2.26. The van der Waals surface area contributed by atoms with Crippen LogP contribution in [0.5, 0.6) is 0 Å². The number of carbonyl (C=O) groups is 1. The number of hydrogen-bond donors (Lipinski definition) is 0. The first-order valence-electron chi connectivity index (χ1n) is 7.47. The first kappa shape index (κ1) is 15.1. The summed E-state index contributed by atoms with van der Waals surface area (Å²) in [7, 11) is 0. The Labute approximate surface area is 151 Å². The van der Waals surface area contributed by atoms with Crippen molar-refractivity contribution in [3.8, 4) is 0 Å². The molecule has 0 amide bonds. The van der Waals surface area contributed by atoms with Crippen molar-refractivity contribution in [1.82, 2.24) is 0 Å². The van der Waals surface area contributed by atoms with Crippen molar-refractivity contribution in [3.05, 3.63) is 67.8 Å². The second kappa shape index (κ2) is 6.21. The van der Waals surface area contributed by atoms with E-state index < -0.39 is 6.17 Å². The fourth-order valence-corrected chi connectivity index (χ4v) is 3.62. The van der Waals surface area contributed by atoms with Crippen LogP contribution < -0.4 is 0 Å². The quantitative estimate of drug-likeness (QED) is 0.433. The van der Waals surface area contributed by atoms with Crippen LogP contribution in [0.1, 0.15) is 41.7 Å². The van der Waals surface area contributed by atoms with Gasteiger partial charge in [0.1, 0.15) is 11.3 Å². The molecular formula is C18H13Br2FO2. The smallest absolute Gasteiger partial charge is 0.197 e. The summed E-state index contributed by atoms with van der Waals surface area (Å²) in [5.74, 6) is -0.339. The van der Waals surface area contributed by atoms with E-state index in [1.54, 1.807) is 24.3 Å². The predicted molar refractivity (Wildman–Crippen MR) is 95.7 cm³/mol. The van der Waals surface area contributed by atoms with Crippen LogP contribution >= 0.6 is 31.9 Å². The Morgan fingerprint density at radius 1 is 1.30 bits per heavy atom. The molecule has 1 atom stereocenters. The number of ketones is 1. The van der Waals surface area contributed by atoms with Crippen molar-refractivity contribution in [2.75, 3.05) is 0 Å². The number of fused-ring (bicyclic) bond motifs is 1. The predicted octanol–water partition coefficient (Wildman–Crippen LogP) is 6.53. The number of para-hydroxylation sites is 1. The van der Waals surface area contributed by atoms with E-state index in [-0.39, 0.29) is 23.1 Å². The Morgan fingerprint density at radius 2 is 1.96 bits per heavy atom. The van der Waals surface area contributed by atoms with Gasteiger partial charge in [-0.2, -0.15) is 0 Å². The maximum absolute atomic E-state index is 14.0. The highest BCUT2D eigenvalue weighted by Gasteiger charge is 2.25. The largest absolute Gasteiger partial charge is 0.457 e. The molecule has 1 heterocycles. The minimum atomic E-state index is -1.43. The highest BCUT2D eigenvalue weighted by atomic mass is 79.9. The summed E-state index contributed by atoms with van der Waals surface area (Å²) < 4.78 is 28.9. The summed E-state index contributed by atoms with van der Waals surface area (Å²) in [6.07, 6.45) is -1.43. The van der Waals surface area contributed by atoms with Gasteiger partial charge in [0, 0.05) is 19.9 Å². The van der Waals surface area contributed by atoms with Gasteiger partial charge in [0.15, 0.2) is 12.0 Å². The van der Waals surface area contributed by atoms with Gasteiger partial charge in [-0.3, -0.25) is 4.79 Å². The Kier molecular flexibility index (Phi) is 4.07. The lowest BCUT2D eigenvalue weighted by Crippen LogP contribution is -2.05. The Bertz CT molecular complexity index is 940. The molecule has 0 aliphatic heterocycles. The normalized spacial score (nSPS) is 13.2. The maximum Gasteiger partial charge on any atom is 0.197 e. The van der Waals surface area contributed by atoms with Crippen molar-refractivity contribution < 1.29 is 15.0 Å². The number of carbonyl (C=O) groups excluding carboxylic acids is 1. The van der Waals surface area contributed by atoms with Crippen LogP contribution in [0.2, 0.25) is 0 Å². The third kappa shape index (κ3) is 2.88. The van der Waals surface area contributed by atoms with Crippen LogP contribution in [0.3, 0.4) is 0 Å². The van der Waals surface area contributed by atoms with Crippen molar-refractivity contribution in [2.45, 2.75) is 20.0 Å². The molecule has 0 bridgehead atoms. The average molecular weight is 441 g/mol. The van der Waals surface area contributed by atoms with Gasteiger partial charge in [0.05, 0.1) is 6.93 Å². The van der Waals surface area contributed by atoms with Crippen LogP contribution in [0, 0.1) is 6.92 Å². The molecule has 1 unspecified atom stereocenters. The zero-order valence-corrected chi connectivity index (χ0v) is 15.6. The first-order valence-corrected chi connectivity index (χ1v) is 8.55. The van der Waals surface area contributed by atoms with Crippen LogP contribution in [0.25, 0.3) is 11.0 Å². The molecule has 2 aromatic carbocycles. The second-order valence-electron chi connectivity index (χ2n) is 5.27. The summed E-state index contributed by atoms with van der Waals surface area (Å²) in [6, 6.07) is 8.31. The summed E-state index contributed by atoms with van der Waals surface area (Å²) >= 11 is 6.86. The Hall–Kier alpha value is -1.46. The lowest BCUT2D eigenvalue weighted by atomic mass is 9.98. The van der Waals surface area contributed by atoms with Gasteiger partial charge in [-0.1, -0.05) is 50.0 Å². The fourth-order valence-electron chi connectivity index (χ4n) is 2.44. The lowest BCUT2D eigenvalue weighted by Gasteiger charge is -2.07. The van der Waals surface area contributed by atoms with Crippen molar-refractivity contribution in [1.29, 1.82) is 0 Å². The lowest BCUT2D eigenvalue weighted by molar-refractivity contribution is 0.103. The molecule has 0 fully saturated rings. The number of alkyl halides is 1. The first-order chi connectivity index (χ1) is 11.3. The molecule has 118 valence electrons. The zero-order valence-electron chi connectivity index (χ0n) is 13.4. The van der Waals surface area contributed by atoms with E-state index in [1.807, 2.05) is 6.92 Å². The molecule has 0 saturated carbocycles. The number of hydrogen-bond acceptors (Lipinski definition) is 2. The van der Waals surface area contributed by atoms with Crippen molar-refractivity contribution >= 4 is 48.6 Å². The van der Waals surface area contributed by atoms with Crippen molar-refractivity contribution in [2.24, 2.45) is 0 Å². The molecule has 0 aliphatic rings. The SMILES string of the molecule is [2H]c1ccc2oc(C(C)F)c(C(=O)c3cc(Br)c(C)c(Br)c3)c2c1. The van der Waals surface area contributed by atoms with E-state index in [2.05, 4.69) is 31.9 Å². The van der Waals surface area contributed by atoms with Gasteiger partial charge in [-0.25, -0.2) is 4.39 Å². The number of furan rings is 1. The van der Waals surface area contributed by atoms with E-state index in [1.165, 1.54) is 13.0 Å². The molecular weight excluding hydrogens is 427 g/mol. The topological polar surface area (TPSA) is 30.2 Å². The highest BCUT2D eigenvalue weighted by molar-refractivity contribution is 9.11. The minimum Gasteiger partial charge on any atom is -0.457 e. The molecule has 23 heavy (non-hydrogen) atoms. The van der Waals surface area contributed by atoms with Gasteiger partial charge in [-0.15, -0.1) is 0 Å². The van der Waals surface area contributed by atoms with Crippen LogP contribution in [-0.4, -0.2) is 5.78 Å². The number of benzene rings is 2. The van der Waals surface area contributed by atoms with Crippen LogP contribution in [0.4, 0.5) is 4.39 Å². The van der Waals surface area contributed by atoms with Gasteiger partial charge in [-0.05, 0) is 37.6 Å². The fraction of sp³-hybridized carbons (Fsp3) is 0.167. The third-order valence-corrected chi connectivity index (χ3v) is 5.34. The molecule has 3 rings (SSSR count). The molecule has 0 aliphatic carbocycles. The van der Waals surface area contributed by atoms with Crippen molar-refractivity contribution in [3.63, 3.8) is 0 Å². The van der Waals surface area contributed by atoms with Gasteiger partial charge >= 0.3 is 0 Å². The molecule has 0 radical (unpaired) electrons. The molecule has 0 saturated heterocycles. The van der Waals surface area contributed by atoms with Gasteiger partial charge < -0.3 is 4.42 Å². The third-order valence-electron chi connectivity index (χ3n) is 3.69. The average Bonchev–Trinajstić information content (AvgIpc) is 2.90. The minimum absolute atomic E-state index is 0.00609. The molecule has 3 aromatic rings. The number of rotatable bonds is 3. The molecule has 0 spiro atoms. The monoisotopic (exact) mass is 439 g/mol.